The van der Waals surface area contributed by atoms with E-state index in [1.54, 1.807) is 6.07 Å². The van der Waals surface area contributed by atoms with Crippen LogP contribution in [0.4, 0.5) is 5.69 Å². The number of benzene rings is 1. The highest BCUT2D eigenvalue weighted by Gasteiger charge is 2.28. The minimum Gasteiger partial charge on any atom is -0.481 e. The van der Waals surface area contributed by atoms with Crippen LogP contribution in [0.25, 0.3) is 0 Å². The SMILES string of the molecule is N#Cc1ccc(Br)cc1N1CCCC1CC(=O)O. The first-order chi connectivity index (χ1) is 8.61. The molecule has 1 aromatic rings. The summed E-state index contributed by atoms with van der Waals surface area (Å²) >= 11 is 3.39. The summed E-state index contributed by atoms with van der Waals surface area (Å²) in [6.45, 7) is 0.809. The Morgan fingerprint density at radius 1 is 1.61 bits per heavy atom. The van der Waals surface area contributed by atoms with E-state index in [9.17, 15) is 4.79 Å². The maximum atomic E-state index is 10.9. The fraction of sp³-hybridized carbons (Fsp3) is 0.385. The van der Waals surface area contributed by atoms with Gasteiger partial charge in [0.05, 0.1) is 17.7 Å². The molecule has 94 valence electrons. The zero-order valence-electron chi connectivity index (χ0n) is 9.77. The summed E-state index contributed by atoms with van der Waals surface area (Å²) in [5.74, 6) is -0.791. The number of anilines is 1. The molecule has 1 unspecified atom stereocenters. The Morgan fingerprint density at radius 2 is 2.39 bits per heavy atom. The smallest absolute Gasteiger partial charge is 0.305 e. The normalized spacial score (nSPS) is 18.7. The van der Waals surface area contributed by atoms with Gasteiger partial charge in [-0.1, -0.05) is 15.9 Å². The second-order valence-corrected chi connectivity index (χ2v) is 5.28. The van der Waals surface area contributed by atoms with Gasteiger partial charge in [0.2, 0.25) is 0 Å². The fourth-order valence-corrected chi connectivity index (χ4v) is 2.75. The molecule has 0 spiro atoms. The first-order valence-corrected chi connectivity index (χ1v) is 6.59. The molecule has 2 rings (SSSR count). The van der Waals surface area contributed by atoms with Crippen LogP contribution in [0, 0.1) is 11.3 Å². The van der Waals surface area contributed by atoms with Gasteiger partial charge in [0.1, 0.15) is 6.07 Å². The summed E-state index contributed by atoms with van der Waals surface area (Å²) in [4.78, 5) is 12.9. The van der Waals surface area contributed by atoms with E-state index in [1.807, 2.05) is 17.0 Å². The van der Waals surface area contributed by atoms with Crippen LogP contribution in [-0.4, -0.2) is 23.7 Å². The lowest BCUT2D eigenvalue weighted by Crippen LogP contribution is -2.31. The monoisotopic (exact) mass is 308 g/mol. The molecule has 0 bridgehead atoms. The number of aliphatic carboxylic acids is 1. The van der Waals surface area contributed by atoms with Gasteiger partial charge in [0, 0.05) is 17.1 Å². The maximum Gasteiger partial charge on any atom is 0.305 e. The zero-order valence-corrected chi connectivity index (χ0v) is 11.4. The number of carboxylic acids is 1. The summed E-state index contributed by atoms with van der Waals surface area (Å²) in [6, 6.07) is 7.62. The number of carbonyl (C=O) groups is 1. The second-order valence-electron chi connectivity index (χ2n) is 4.36. The summed E-state index contributed by atoms with van der Waals surface area (Å²) < 4.78 is 0.900. The number of nitrogens with zero attached hydrogens (tertiary/aromatic N) is 2. The van der Waals surface area contributed by atoms with Crippen LogP contribution in [0.3, 0.4) is 0 Å². The van der Waals surface area contributed by atoms with E-state index in [0.29, 0.717) is 5.56 Å². The van der Waals surface area contributed by atoms with Gasteiger partial charge in [-0.05, 0) is 31.0 Å². The minimum absolute atomic E-state index is 0.0103. The van der Waals surface area contributed by atoms with Crippen LogP contribution >= 0.6 is 15.9 Å². The minimum atomic E-state index is -0.791. The topological polar surface area (TPSA) is 64.3 Å². The van der Waals surface area contributed by atoms with Crippen LogP contribution in [0.15, 0.2) is 22.7 Å². The predicted molar refractivity (Wildman–Crippen MR) is 71.5 cm³/mol. The molecule has 0 saturated carbocycles. The molecule has 1 N–H and O–H groups in total. The molecule has 1 atom stereocenters. The Morgan fingerprint density at radius 3 is 3.06 bits per heavy atom. The molecule has 0 aliphatic carbocycles. The number of carboxylic acid groups (broad SMARTS) is 1. The standard InChI is InChI=1S/C13H13BrN2O2/c14-10-4-3-9(8-15)12(6-10)16-5-1-2-11(16)7-13(17)18/h3-4,6,11H,1-2,5,7H2,(H,17,18). The molecule has 0 radical (unpaired) electrons. The third-order valence-electron chi connectivity index (χ3n) is 3.18. The Bertz CT molecular complexity index is 510. The average molecular weight is 309 g/mol. The van der Waals surface area contributed by atoms with Crippen LogP contribution in [0.5, 0.6) is 0 Å². The molecule has 1 aliphatic rings. The molecule has 1 aromatic carbocycles. The second kappa shape index (κ2) is 5.40. The Kier molecular flexibility index (Phi) is 3.87. The quantitative estimate of drug-likeness (QED) is 0.932. The van der Waals surface area contributed by atoms with Crippen molar-refractivity contribution in [3.63, 3.8) is 0 Å². The highest BCUT2D eigenvalue weighted by molar-refractivity contribution is 9.10. The lowest BCUT2D eigenvalue weighted by Gasteiger charge is -2.26. The van der Waals surface area contributed by atoms with E-state index in [4.69, 9.17) is 10.4 Å². The van der Waals surface area contributed by atoms with Crippen molar-refractivity contribution >= 4 is 27.6 Å². The van der Waals surface area contributed by atoms with Crippen molar-refractivity contribution < 1.29 is 9.90 Å². The van der Waals surface area contributed by atoms with Crippen LogP contribution in [-0.2, 0) is 4.79 Å². The van der Waals surface area contributed by atoms with Crippen LogP contribution < -0.4 is 4.90 Å². The third kappa shape index (κ3) is 2.65. The van der Waals surface area contributed by atoms with Crippen molar-refractivity contribution in [1.29, 1.82) is 5.26 Å². The lowest BCUT2D eigenvalue weighted by molar-refractivity contribution is -0.137. The highest BCUT2D eigenvalue weighted by Crippen LogP contribution is 2.32. The lowest BCUT2D eigenvalue weighted by atomic mass is 10.1. The van der Waals surface area contributed by atoms with Gasteiger partial charge in [-0.15, -0.1) is 0 Å². The van der Waals surface area contributed by atoms with Crippen molar-refractivity contribution in [1.82, 2.24) is 0 Å². The summed E-state index contributed by atoms with van der Waals surface area (Å²) in [6.07, 6.45) is 1.95. The van der Waals surface area contributed by atoms with Crippen molar-refractivity contribution in [3.05, 3.63) is 28.2 Å². The van der Waals surface area contributed by atoms with E-state index in [-0.39, 0.29) is 12.5 Å². The molecule has 1 saturated heterocycles. The van der Waals surface area contributed by atoms with Crippen LogP contribution in [0.1, 0.15) is 24.8 Å². The van der Waals surface area contributed by atoms with E-state index in [2.05, 4.69) is 22.0 Å². The van der Waals surface area contributed by atoms with E-state index >= 15 is 0 Å². The van der Waals surface area contributed by atoms with E-state index in [1.165, 1.54) is 0 Å². The van der Waals surface area contributed by atoms with Crippen molar-refractivity contribution in [2.75, 3.05) is 11.4 Å². The third-order valence-corrected chi connectivity index (χ3v) is 3.67. The Balaban J connectivity index is 2.32. The average Bonchev–Trinajstić information content (AvgIpc) is 2.76. The van der Waals surface area contributed by atoms with Gasteiger partial charge in [-0.3, -0.25) is 4.79 Å². The highest BCUT2D eigenvalue weighted by atomic mass is 79.9. The Labute approximate surface area is 114 Å². The van der Waals surface area contributed by atoms with Gasteiger partial charge < -0.3 is 10.0 Å². The zero-order chi connectivity index (χ0) is 13.1. The number of rotatable bonds is 3. The largest absolute Gasteiger partial charge is 0.481 e. The first-order valence-electron chi connectivity index (χ1n) is 5.80. The first kappa shape index (κ1) is 12.9. The molecule has 1 fully saturated rings. The molecule has 1 aliphatic heterocycles. The van der Waals surface area contributed by atoms with Gasteiger partial charge >= 0.3 is 5.97 Å². The van der Waals surface area contributed by atoms with E-state index < -0.39 is 5.97 Å². The van der Waals surface area contributed by atoms with E-state index in [0.717, 1.165) is 29.5 Å². The molecule has 0 amide bonds. The molecule has 4 nitrogen and oxygen atoms in total. The van der Waals surface area contributed by atoms with Gasteiger partial charge in [-0.25, -0.2) is 0 Å². The molecule has 0 aromatic heterocycles. The van der Waals surface area contributed by atoms with Crippen molar-refractivity contribution in [3.8, 4) is 6.07 Å². The van der Waals surface area contributed by atoms with Gasteiger partial charge in [0.25, 0.3) is 0 Å². The summed E-state index contributed by atoms with van der Waals surface area (Å²) in [7, 11) is 0. The molecular formula is C13H13BrN2O2. The fourth-order valence-electron chi connectivity index (χ4n) is 2.40. The Hall–Kier alpha value is -1.54. The molecule has 5 heteroatoms. The van der Waals surface area contributed by atoms with Crippen LogP contribution in [0.2, 0.25) is 0 Å². The number of halogens is 1. The molecule has 18 heavy (non-hydrogen) atoms. The van der Waals surface area contributed by atoms with Crippen molar-refractivity contribution in [2.24, 2.45) is 0 Å². The summed E-state index contributed by atoms with van der Waals surface area (Å²) in [5, 5.41) is 18.0. The number of hydrogen-bond donors (Lipinski definition) is 1. The van der Waals surface area contributed by atoms with Crippen molar-refractivity contribution in [2.45, 2.75) is 25.3 Å². The number of hydrogen-bond acceptors (Lipinski definition) is 3. The summed E-state index contributed by atoms with van der Waals surface area (Å²) in [5.41, 5.74) is 1.42. The van der Waals surface area contributed by atoms with Gasteiger partial charge in [-0.2, -0.15) is 5.26 Å². The molecular weight excluding hydrogens is 296 g/mol. The number of nitriles is 1. The predicted octanol–water partition coefficient (Wildman–Crippen LogP) is 2.76. The maximum absolute atomic E-state index is 10.9. The van der Waals surface area contributed by atoms with Gasteiger partial charge in [0.15, 0.2) is 0 Å². The molecule has 1 heterocycles.